The SMILES string of the molecule is CC(=O)N(Cc1cc(NC(=O)c2cccs2)ccc1N(C)C)C(C)C(C)C. The van der Waals surface area contributed by atoms with E-state index in [9.17, 15) is 9.59 Å². The van der Waals surface area contributed by atoms with Gasteiger partial charge in [-0.25, -0.2) is 0 Å². The van der Waals surface area contributed by atoms with E-state index in [0.29, 0.717) is 17.3 Å². The summed E-state index contributed by atoms with van der Waals surface area (Å²) >= 11 is 1.41. The summed E-state index contributed by atoms with van der Waals surface area (Å²) < 4.78 is 0. The van der Waals surface area contributed by atoms with Gasteiger partial charge in [0.05, 0.1) is 4.88 Å². The Morgan fingerprint density at radius 3 is 2.37 bits per heavy atom. The van der Waals surface area contributed by atoms with Crippen molar-refractivity contribution in [2.24, 2.45) is 5.92 Å². The van der Waals surface area contributed by atoms with Crippen LogP contribution >= 0.6 is 11.3 Å². The first-order valence-electron chi connectivity index (χ1n) is 9.13. The number of hydrogen-bond acceptors (Lipinski definition) is 4. The average Bonchev–Trinajstić information content (AvgIpc) is 3.13. The Morgan fingerprint density at radius 2 is 1.85 bits per heavy atom. The number of rotatable bonds is 7. The van der Waals surface area contributed by atoms with Crippen molar-refractivity contribution in [3.05, 3.63) is 46.2 Å². The van der Waals surface area contributed by atoms with Crippen molar-refractivity contribution < 1.29 is 9.59 Å². The predicted octanol–water partition coefficient (Wildman–Crippen LogP) is 4.46. The van der Waals surface area contributed by atoms with Gasteiger partial charge in [0, 0.05) is 45.0 Å². The van der Waals surface area contributed by atoms with Gasteiger partial charge in [-0.3, -0.25) is 9.59 Å². The molecule has 0 bridgehead atoms. The molecule has 0 aliphatic rings. The molecular weight excluding hydrogens is 358 g/mol. The van der Waals surface area contributed by atoms with E-state index in [1.807, 2.05) is 53.5 Å². The van der Waals surface area contributed by atoms with Crippen molar-refractivity contribution in [2.45, 2.75) is 40.3 Å². The molecule has 2 amide bonds. The van der Waals surface area contributed by atoms with Crippen molar-refractivity contribution >= 4 is 34.5 Å². The molecular formula is C21H29N3O2S. The lowest BCUT2D eigenvalue weighted by Crippen LogP contribution is -2.39. The van der Waals surface area contributed by atoms with E-state index >= 15 is 0 Å². The van der Waals surface area contributed by atoms with E-state index in [-0.39, 0.29) is 17.9 Å². The van der Waals surface area contributed by atoms with Gasteiger partial charge in [-0.15, -0.1) is 11.3 Å². The maximum absolute atomic E-state index is 12.4. The molecule has 6 heteroatoms. The molecule has 0 fully saturated rings. The molecule has 0 spiro atoms. The topological polar surface area (TPSA) is 52.7 Å². The average molecular weight is 388 g/mol. The van der Waals surface area contributed by atoms with Crippen LogP contribution in [0.4, 0.5) is 11.4 Å². The van der Waals surface area contributed by atoms with Crippen LogP contribution in [-0.4, -0.2) is 36.9 Å². The summed E-state index contributed by atoms with van der Waals surface area (Å²) in [6.45, 7) is 8.42. The zero-order valence-electron chi connectivity index (χ0n) is 16.9. The molecule has 1 unspecified atom stereocenters. The van der Waals surface area contributed by atoms with Crippen LogP contribution < -0.4 is 10.2 Å². The molecule has 1 atom stereocenters. The Morgan fingerprint density at radius 1 is 1.15 bits per heavy atom. The summed E-state index contributed by atoms with van der Waals surface area (Å²) in [5.74, 6) is 0.292. The number of nitrogens with zero attached hydrogens (tertiary/aromatic N) is 2. The zero-order valence-corrected chi connectivity index (χ0v) is 17.8. The first-order valence-corrected chi connectivity index (χ1v) is 10.0. The third-order valence-electron chi connectivity index (χ3n) is 4.77. The van der Waals surface area contributed by atoms with Crippen molar-refractivity contribution in [2.75, 3.05) is 24.3 Å². The Labute approximate surface area is 166 Å². The van der Waals surface area contributed by atoms with Gasteiger partial charge in [0.1, 0.15) is 0 Å². The van der Waals surface area contributed by atoms with E-state index < -0.39 is 0 Å². The molecule has 1 heterocycles. The molecule has 0 saturated carbocycles. The van der Waals surface area contributed by atoms with E-state index in [0.717, 1.165) is 16.9 Å². The van der Waals surface area contributed by atoms with Gasteiger partial charge in [0.2, 0.25) is 5.91 Å². The minimum atomic E-state index is -0.118. The molecule has 1 aromatic carbocycles. The van der Waals surface area contributed by atoms with Crippen molar-refractivity contribution in [3.8, 4) is 0 Å². The van der Waals surface area contributed by atoms with Crippen LogP contribution in [0.2, 0.25) is 0 Å². The minimum absolute atomic E-state index is 0.0499. The smallest absolute Gasteiger partial charge is 0.265 e. The zero-order chi connectivity index (χ0) is 20.1. The van der Waals surface area contributed by atoms with Gasteiger partial charge in [-0.05, 0) is 48.1 Å². The first kappa shape index (κ1) is 21.0. The number of hydrogen-bond donors (Lipinski definition) is 1. The highest BCUT2D eigenvalue weighted by atomic mass is 32.1. The Kier molecular flexibility index (Phi) is 7.02. The number of anilines is 2. The van der Waals surface area contributed by atoms with Crippen LogP contribution in [0.3, 0.4) is 0 Å². The number of nitrogens with one attached hydrogen (secondary N) is 1. The van der Waals surface area contributed by atoms with Gasteiger partial charge in [0.25, 0.3) is 5.91 Å². The summed E-state index contributed by atoms with van der Waals surface area (Å²) in [6, 6.07) is 9.63. The predicted molar refractivity (Wildman–Crippen MR) is 114 cm³/mol. The normalized spacial score (nSPS) is 12.0. The Bertz CT molecular complexity index is 785. The summed E-state index contributed by atoms with van der Waals surface area (Å²) in [4.78, 5) is 29.2. The highest BCUT2D eigenvalue weighted by Gasteiger charge is 2.22. The van der Waals surface area contributed by atoms with Gasteiger partial charge in [-0.2, -0.15) is 0 Å². The fourth-order valence-electron chi connectivity index (χ4n) is 2.91. The van der Waals surface area contributed by atoms with Crippen LogP contribution in [0, 0.1) is 5.92 Å². The first-order chi connectivity index (χ1) is 12.7. The molecule has 0 saturated heterocycles. The van der Waals surface area contributed by atoms with Crippen LogP contribution in [0.5, 0.6) is 0 Å². The molecule has 5 nitrogen and oxygen atoms in total. The summed E-state index contributed by atoms with van der Waals surface area (Å²) in [5.41, 5.74) is 2.77. The summed E-state index contributed by atoms with van der Waals surface area (Å²) in [5, 5.41) is 4.84. The number of carbonyl (C=O) groups is 2. The monoisotopic (exact) mass is 387 g/mol. The van der Waals surface area contributed by atoms with E-state index in [1.165, 1.54) is 11.3 Å². The van der Waals surface area contributed by atoms with Gasteiger partial charge < -0.3 is 15.1 Å². The molecule has 2 rings (SSSR count). The maximum Gasteiger partial charge on any atom is 0.265 e. The number of thiophene rings is 1. The largest absolute Gasteiger partial charge is 0.377 e. The third kappa shape index (κ3) is 5.32. The second-order valence-electron chi connectivity index (χ2n) is 7.30. The maximum atomic E-state index is 12.4. The molecule has 0 aliphatic carbocycles. The summed E-state index contributed by atoms with van der Waals surface area (Å²) in [7, 11) is 3.96. The van der Waals surface area contributed by atoms with E-state index in [1.54, 1.807) is 13.0 Å². The van der Waals surface area contributed by atoms with Gasteiger partial charge in [0.15, 0.2) is 0 Å². The fraction of sp³-hybridized carbons (Fsp3) is 0.429. The van der Waals surface area contributed by atoms with Crippen molar-refractivity contribution in [1.29, 1.82) is 0 Å². The molecule has 27 heavy (non-hydrogen) atoms. The number of benzene rings is 1. The van der Waals surface area contributed by atoms with Crippen molar-refractivity contribution in [3.63, 3.8) is 0 Å². The second kappa shape index (κ2) is 9.04. The molecule has 0 radical (unpaired) electrons. The number of amides is 2. The van der Waals surface area contributed by atoms with Crippen LogP contribution in [0.25, 0.3) is 0 Å². The highest BCUT2D eigenvalue weighted by Crippen LogP contribution is 2.26. The quantitative estimate of drug-likeness (QED) is 0.763. The van der Waals surface area contributed by atoms with Crippen LogP contribution in [0.15, 0.2) is 35.7 Å². The lowest BCUT2D eigenvalue weighted by molar-refractivity contribution is -0.132. The summed E-state index contributed by atoms with van der Waals surface area (Å²) in [6.07, 6.45) is 0. The molecule has 0 aliphatic heterocycles. The van der Waals surface area contributed by atoms with E-state index in [2.05, 4.69) is 26.1 Å². The van der Waals surface area contributed by atoms with E-state index in [4.69, 9.17) is 0 Å². The standard InChI is InChI=1S/C21H29N3O2S/c1-14(2)15(3)24(16(4)25)13-17-12-18(9-10-19(17)23(5)6)22-21(26)20-8-7-11-27-20/h7-12,14-15H,13H2,1-6H3,(H,22,26). The van der Waals surface area contributed by atoms with Crippen LogP contribution in [-0.2, 0) is 11.3 Å². The molecule has 146 valence electrons. The lowest BCUT2D eigenvalue weighted by Gasteiger charge is -2.32. The lowest BCUT2D eigenvalue weighted by atomic mass is 10.0. The Balaban J connectivity index is 2.31. The molecule has 1 N–H and O–H groups in total. The minimum Gasteiger partial charge on any atom is -0.377 e. The van der Waals surface area contributed by atoms with Gasteiger partial charge in [-0.1, -0.05) is 19.9 Å². The fourth-order valence-corrected chi connectivity index (χ4v) is 3.53. The van der Waals surface area contributed by atoms with Crippen LogP contribution in [0.1, 0.15) is 42.9 Å². The van der Waals surface area contributed by atoms with Gasteiger partial charge >= 0.3 is 0 Å². The molecule has 1 aromatic heterocycles. The number of carbonyl (C=O) groups excluding carboxylic acids is 2. The molecule has 2 aromatic rings. The second-order valence-corrected chi connectivity index (χ2v) is 8.25. The Hall–Kier alpha value is -2.34. The third-order valence-corrected chi connectivity index (χ3v) is 5.63. The van der Waals surface area contributed by atoms with Crippen molar-refractivity contribution in [1.82, 2.24) is 4.90 Å². The highest BCUT2D eigenvalue weighted by molar-refractivity contribution is 7.12.